The second-order valence-corrected chi connectivity index (χ2v) is 6.14. The molecule has 0 bridgehead atoms. The molecule has 0 saturated heterocycles. The van der Waals surface area contributed by atoms with Gasteiger partial charge in [-0.2, -0.15) is 0 Å². The highest BCUT2D eigenvalue weighted by Gasteiger charge is 2.27. The lowest BCUT2D eigenvalue weighted by Crippen LogP contribution is -1.92. The van der Waals surface area contributed by atoms with E-state index in [0.717, 1.165) is 12.1 Å². The second kappa shape index (κ2) is 2.79. The Morgan fingerprint density at radius 3 is 2.27 bits per heavy atom. The average molecular weight is 243 g/mol. The van der Waals surface area contributed by atoms with Crippen LogP contribution >= 0.6 is 0 Å². The molecule has 6 nitrogen and oxygen atoms in total. The van der Waals surface area contributed by atoms with E-state index in [4.69, 9.17) is 6.57 Å². The van der Waals surface area contributed by atoms with Crippen LogP contribution in [0.25, 0.3) is 8.97 Å². The van der Waals surface area contributed by atoms with Crippen molar-refractivity contribution in [1.29, 1.82) is 0 Å². The zero-order chi connectivity index (χ0) is 11.3. The molecule has 0 N–H and O–H groups in total. The SMILES string of the molecule is [C-]#[N+]c1ccc2c(c1)S(=O)(=O)[N-]S2(=O)=O. The predicted octanol–water partition coefficient (Wildman–Crippen LogP) is 1.00. The first-order valence-electron chi connectivity index (χ1n) is 3.63. The number of nitrogens with zero attached hydrogens (tertiary/aromatic N) is 2. The first-order chi connectivity index (χ1) is 6.87. The Morgan fingerprint density at radius 1 is 1.07 bits per heavy atom. The molecule has 1 aliphatic rings. The largest absolute Gasteiger partial charge is 0.428 e. The lowest BCUT2D eigenvalue weighted by molar-refractivity contribution is 0.603. The number of sulfonamides is 2. The Hall–Kier alpha value is -1.43. The quantitative estimate of drug-likeness (QED) is 0.636. The van der Waals surface area contributed by atoms with Crippen molar-refractivity contribution in [1.82, 2.24) is 0 Å². The van der Waals surface area contributed by atoms with Crippen molar-refractivity contribution in [3.63, 3.8) is 0 Å². The van der Waals surface area contributed by atoms with Crippen molar-refractivity contribution in [2.45, 2.75) is 9.79 Å². The molecular formula is C7H3N2O4S2-. The molecular weight excluding hydrogens is 240 g/mol. The van der Waals surface area contributed by atoms with Crippen molar-refractivity contribution < 1.29 is 16.8 Å². The van der Waals surface area contributed by atoms with E-state index in [9.17, 15) is 16.8 Å². The van der Waals surface area contributed by atoms with Gasteiger partial charge in [0.05, 0.1) is 16.4 Å². The maximum absolute atomic E-state index is 11.3. The van der Waals surface area contributed by atoms with Crippen LogP contribution in [0, 0.1) is 6.57 Å². The minimum absolute atomic E-state index is 0.0598. The summed E-state index contributed by atoms with van der Waals surface area (Å²) in [6.45, 7) is 6.68. The zero-order valence-electron chi connectivity index (χ0n) is 7.08. The standard InChI is InChI=1S/C7H3N2O4S2/c1-8-5-2-3-6-7(4-5)15(12,13)9-14(6,10)11/h2-4H/q-1. The maximum Gasteiger partial charge on any atom is 0.188 e. The van der Waals surface area contributed by atoms with E-state index >= 15 is 0 Å². The first-order valence-corrected chi connectivity index (χ1v) is 6.51. The van der Waals surface area contributed by atoms with Crippen LogP contribution in [0.4, 0.5) is 5.69 Å². The molecule has 1 aliphatic heterocycles. The Bertz CT molecular complexity index is 682. The van der Waals surface area contributed by atoms with Gasteiger partial charge in [-0.1, -0.05) is 12.1 Å². The van der Waals surface area contributed by atoms with Gasteiger partial charge >= 0.3 is 0 Å². The molecule has 0 fully saturated rings. The average Bonchev–Trinajstić information content (AvgIpc) is 2.32. The lowest BCUT2D eigenvalue weighted by Gasteiger charge is -2.06. The Morgan fingerprint density at radius 2 is 1.67 bits per heavy atom. The molecule has 1 heterocycles. The van der Waals surface area contributed by atoms with E-state index in [0.29, 0.717) is 0 Å². The van der Waals surface area contributed by atoms with E-state index in [1.165, 1.54) is 6.07 Å². The molecule has 2 rings (SSSR count). The molecule has 0 aromatic heterocycles. The van der Waals surface area contributed by atoms with Crippen molar-refractivity contribution in [3.8, 4) is 0 Å². The van der Waals surface area contributed by atoms with Crippen LogP contribution in [0.2, 0.25) is 0 Å². The van der Waals surface area contributed by atoms with Crippen molar-refractivity contribution in [2.24, 2.45) is 0 Å². The molecule has 0 unspecified atom stereocenters. The van der Waals surface area contributed by atoms with E-state index in [-0.39, 0.29) is 10.6 Å². The van der Waals surface area contributed by atoms with Gasteiger partial charge in [-0.3, -0.25) is 0 Å². The summed E-state index contributed by atoms with van der Waals surface area (Å²) in [5.74, 6) is 0. The Balaban J connectivity index is 2.90. The van der Waals surface area contributed by atoms with Gasteiger partial charge < -0.3 is 4.13 Å². The van der Waals surface area contributed by atoms with Gasteiger partial charge in [0.1, 0.15) is 20.0 Å². The fourth-order valence-corrected chi connectivity index (χ4v) is 4.64. The lowest BCUT2D eigenvalue weighted by atomic mass is 10.3. The molecule has 0 saturated carbocycles. The molecule has 0 aliphatic carbocycles. The third kappa shape index (κ3) is 1.41. The number of fused-ring (bicyclic) bond motifs is 1. The smallest absolute Gasteiger partial charge is 0.188 e. The van der Waals surface area contributed by atoms with Crippen LogP contribution in [0.1, 0.15) is 0 Å². The first kappa shape index (κ1) is 10.1. The number of benzene rings is 1. The summed E-state index contributed by atoms with van der Waals surface area (Å²) in [6.07, 6.45) is 0. The fraction of sp³-hybridized carbons (Fsp3) is 0. The van der Waals surface area contributed by atoms with Crippen LogP contribution in [0.15, 0.2) is 28.0 Å². The number of hydrogen-bond donors (Lipinski definition) is 0. The van der Waals surface area contributed by atoms with E-state index in [1.807, 2.05) is 0 Å². The summed E-state index contributed by atoms with van der Waals surface area (Å²) >= 11 is 0. The van der Waals surface area contributed by atoms with Crippen LogP contribution in [0.3, 0.4) is 0 Å². The van der Waals surface area contributed by atoms with Gasteiger partial charge in [0.15, 0.2) is 5.69 Å². The normalized spacial score (nSPS) is 20.5. The van der Waals surface area contributed by atoms with Gasteiger partial charge in [-0.15, -0.1) is 0 Å². The second-order valence-electron chi connectivity index (χ2n) is 2.77. The van der Waals surface area contributed by atoms with Gasteiger partial charge in [0, 0.05) is 0 Å². The molecule has 8 heteroatoms. The summed E-state index contributed by atoms with van der Waals surface area (Å²) in [5.41, 5.74) is 0.0598. The molecule has 1 aromatic carbocycles. The summed E-state index contributed by atoms with van der Waals surface area (Å²) in [4.78, 5) is 2.22. The topological polar surface area (TPSA) is 86.7 Å². The fourth-order valence-electron chi connectivity index (χ4n) is 1.19. The van der Waals surface area contributed by atoms with Gasteiger partial charge in [0.25, 0.3) is 0 Å². The van der Waals surface area contributed by atoms with Crippen molar-refractivity contribution in [2.75, 3.05) is 0 Å². The number of hydrogen-bond acceptors (Lipinski definition) is 4. The minimum atomic E-state index is -4.15. The van der Waals surface area contributed by atoms with E-state index in [1.54, 1.807) is 0 Å². The molecule has 0 spiro atoms. The van der Waals surface area contributed by atoms with Gasteiger partial charge in [0.2, 0.25) is 0 Å². The van der Waals surface area contributed by atoms with Gasteiger partial charge in [-0.25, -0.2) is 21.7 Å². The molecule has 78 valence electrons. The zero-order valence-corrected chi connectivity index (χ0v) is 8.71. The summed E-state index contributed by atoms with van der Waals surface area (Å²) < 4.78 is 47.8. The highest BCUT2D eigenvalue weighted by atomic mass is 32.3. The molecule has 0 amide bonds. The Labute approximate surface area is 86.5 Å². The third-order valence-corrected chi connectivity index (χ3v) is 5.31. The van der Waals surface area contributed by atoms with Crippen LogP contribution < -0.4 is 0 Å². The van der Waals surface area contributed by atoms with Crippen molar-refractivity contribution >= 4 is 25.7 Å². The predicted molar refractivity (Wildman–Crippen MR) is 50.4 cm³/mol. The molecule has 1 aromatic rings. The monoisotopic (exact) mass is 243 g/mol. The summed E-state index contributed by atoms with van der Waals surface area (Å²) in [7, 11) is -8.26. The highest BCUT2D eigenvalue weighted by Crippen LogP contribution is 2.39. The maximum atomic E-state index is 11.3. The highest BCUT2D eigenvalue weighted by molar-refractivity contribution is 8.14. The summed E-state index contributed by atoms with van der Waals surface area (Å²) in [6, 6.07) is 3.32. The van der Waals surface area contributed by atoms with E-state index < -0.39 is 24.9 Å². The number of rotatable bonds is 0. The molecule has 0 atom stereocenters. The molecule has 15 heavy (non-hydrogen) atoms. The van der Waals surface area contributed by atoms with Crippen LogP contribution in [0.5, 0.6) is 0 Å². The third-order valence-electron chi connectivity index (χ3n) is 1.81. The minimum Gasteiger partial charge on any atom is -0.428 e. The molecule has 0 radical (unpaired) electrons. The van der Waals surface area contributed by atoms with E-state index in [2.05, 4.69) is 8.97 Å². The van der Waals surface area contributed by atoms with Gasteiger partial charge in [-0.05, 0) is 6.07 Å². The van der Waals surface area contributed by atoms with Crippen LogP contribution in [-0.2, 0) is 20.0 Å². The Kier molecular flexibility index (Phi) is 1.88. The van der Waals surface area contributed by atoms with Crippen molar-refractivity contribution in [3.05, 3.63) is 33.7 Å². The van der Waals surface area contributed by atoms with Crippen LogP contribution in [-0.4, -0.2) is 16.8 Å². The summed E-state index contributed by atoms with van der Waals surface area (Å²) in [5, 5.41) is 0.